The van der Waals surface area contributed by atoms with Crippen molar-refractivity contribution in [3.8, 4) is 5.75 Å². The van der Waals surface area contributed by atoms with Crippen LogP contribution in [0.3, 0.4) is 0 Å². The molecular weight excluding hydrogens is 508 g/mol. The first-order valence-corrected chi connectivity index (χ1v) is 13.3. The molecule has 0 spiro atoms. The van der Waals surface area contributed by atoms with E-state index >= 15 is 0 Å². The van der Waals surface area contributed by atoms with Gasteiger partial charge in [-0.3, -0.25) is 9.59 Å². The second-order valence-electron chi connectivity index (χ2n) is 10.0. The lowest BCUT2D eigenvalue weighted by atomic mass is 9.84. The molecule has 1 saturated heterocycles. The molecule has 5 rings (SSSR count). The second kappa shape index (κ2) is 10.2. The largest absolute Gasteiger partial charge is 0.496 e. The number of rotatable bonds is 7. The molecule has 3 aliphatic rings. The summed E-state index contributed by atoms with van der Waals surface area (Å²) < 4.78 is 6.36. The van der Waals surface area contributed by atoms with E-state index in [9.17, 15) is 9.59 Å². The number of hydrogen-bond acceptors (Lipinski definition) is 5. The van der Waals surface area contributed by atoms with E-state index in [1.165, 1.54) is 0 Å². The van der Waals surface area contributed by atoms with Gasteiger partial charge in [0, 0.05) is 71.5 Å². The highest BCUT2D eigenvalue weighted by molar-refractivity contribution is 9.10. The number of nitrogens with one attached hydrogen (secondary N) is 3. The summed E-state index contributed by atoms with van der Waals surface area (Å²) in [6.45, 7) is 5.62. The minimum atomic E-state index is -0.0397. The van der Waals surface area contributed by atoms with Crippen LogP contribution in [0.1, 0.15) is 47.2 Å². The summed E-state index contributed by atoms with van der Waals surface area (Å²) in [4.78, 5) is 28.2. The summed E-state index contributed by atoms with van der Waals surface area (Å²) in [5.41, 5.74) is 4.65. The van der Waals surface area contributed by atoms with E-state index in [-0.39, 0.29) is 23.8 Å². The van der Waals surface area contributed by atoms with Gasteiger partial charge in [0.25, 0.3) is 5.91 Å². The summed E-state index contributed by atoms with van der Waals surface area (Å²) in [5.74, 6) is 1.53. The summed E-state index contributed by atoms with van der Waals surface area (Å²) in [6, 6.07) is 9.98. The van der Waals surface area contributed by atoms with Crippen molar-refractivity contribution in [2.45, 2.75) is 45.2 Å². The van der Waals surface area contributed by atoms with Crippen LogP contribution in [0.25, 0.3) is 0 Å². The fourth-order valence-electron chi connectivity index (χ4n) is 5.33. The molecule has 7 nitrogen and oxygen atoms in total. The fourth-order valence-corrected chi connectivity index (χ4v) is 5.91. The van der Waals surface area contributed by atoms with Gasteiger partial charge in [-0.05, 0) is 61.9 Å². The molecule has 2 aliphatic heterocycles. The average Bonchev–Trinajstić information content (AvgIpc) is 3.16. The number of ether oxygens (including phenoxy) is 1. The van der Waals surface area contributed by atoms with Crippen molar-refractivity contribution in [1.82, 2.24) is 10.2 Å². The number of amides is 2. The first-order chi connectivity index (χ1) is 16.9. The number of halogens is 1. The van der Waals surface area contributed by atoms with Crippen LogP contribution in [-0.4, -0.2) is 49.5 Å². The van der Waals surface area contributed by atoms with Gasteiger partial charge in [-0.15, -0.1) is 0 Å². The Bertz CT molecular complexity index is 1130. The molecule has 35 heavy (non-hydrogen) atoms. The molecule has 2 aromatic carbocycles. The summed E-state index contributed by atoms with van der Waals surface area (Å²) in [6.07, 6.45) is 3.24. The summed E-state index contributed by atoms with van der Waals surface area (Å²) in [7, 11) is 1.63. The number of carbonyl (C=O) groups is 2. The van der Waals surface area contributed by atoms with Gasteiger partial charge in [0.05, 0.1) is 7.11 Å². The van der Waals surface area contributed by atoms with Gasteiger partial charge in [-0.2, -0.15) is 0 Å². The van der Waals surface area contributed by atoms with Gasteiger partial charge in [0.2, 0.25) is 5.91 Å². The lowest BCUT2D eigenvalue weighted by Gasteiger charge is -2.34. The minimum absolute atomic E-state index is 0.0397. The third-order valence-corrected chi connectivity index (χ3v) is 8.37. The molecule has 8 heteroatoms. The molecule has 3 N–H and O–H groups in total. The molecular formula is C27H33BrN4O3. The number of fused-ring (bicyclic) bond motifs is 1. The third kappa shape index (κ3) is 5.05. The van der Waals surface area contributed by atoms with Crippen molar-refractivity contribution in [3.05, 3.63) is 51.5 Å². The predicted molar refractivity (Wildman–Crippen MR) is 141 cm³/mol. The van der Waals surface area contributed by atoms with Crippen LogP contribution < -0.4 is 20.7 Å². The van der Waals surface area contributed by atoms with Crippen molar-refractivity contribution >= 4 is 39.1 Å². The van der Waals surface area contributed by atoms with Crippen LogP contribution in [0, 0.1) is 18.8 Å². The Kier molecular flexibility index (Phi) is 7.02. The van der Waals surface area contributed by atoms with Gasteiger partial charge in [-0.25, -0.2) is 0 Å². The molecule has 2 aromatic rings. The van der Waals surface area contributed by atoms with E-state index in [4.69, 9.17) is 4.74 Å². The van der Waals surface area contributed by atoms with Crippen molar-refractivity contribution < 1.29 is 14.3 Å². The Labute approximate surface area is 215 Å². The van der Waals surface area contributed by atoms with Crippen LogP contribution in [0.2, 0.25) is 0 Å². The fraction of sp³-hybridized carbons (Fsp3) is 0.481. The highest BCUT2D eigenvalue weighted by Gasteiger charge is 2.37. The molecule has 1 saturated carbocycles. The maximum Gasteiger partial charge on any atom is 0.254 e. The molecule has 2 fully saturated rings. The maximum absolute atomic E-state index is 13.3. The molecule has 1 aliphatic carbocycles. The maximum atomic E-state index is 13.3. The average molecular weight is 541 g/mol. The van der Waals surface area contributed by atoms with E-state index in [0.29, 0.717) is 12.5 Å². The van der Waals surface area contributed by atoms with Crippen molar-refractivity contribution in [2.24, 2.45) is 11.8 Å². The number of benzene rings is 2. The van der Waals surface area contributed by atoms with Crippen LogP contribution in [-0.2, 0) is 11.3 Å². The van der Waals surface area contributed by atoms with Crippen LogP contribution >= 0.6 is 15.9 Å². The van der Waals surface area contributed by atoms with Gasteiger partial charge in [-0.1, -0.05) is 22.0 Å². The zero-order chi connectivity index (χ0) is 24.5. The normalized spacial score (nSPS) is 21.9. The first-order valence-electron chi connectivity index (χ1n) is 12.5. The number of carbonyl (C=O) groups excluding carboxylic acids is 2. The first kappa shape index (κ1) is 24.1. The third-order valence-electron chi connectivity index (χ3n) is 7.66. The monoisotopic (exact) mass is 540 g/mol. The number of methoxy groups -OCH3 is 1. The molecule has 186 valence electrons. The Balaban J connectivity index is 1.18. The van der Waals surface area contributed by atoms with Crippen molar-refractivity contribution in [2.75, 3.05) is 37.4 Å². The van der Waals surface area contributed by atoms with E-state index in [2.05, 4.69) is 37.9 Å². The molecule has 0 aromatic heterocycles. The number of aryl methyl sites for hydroxylation is 1. The highest BCUT2D eigenvalue weighted by atomic mass is 79.9. The van der Waals surface area contributed by atoms with Gasteiger partial charge < -0.3 is 25.6 Å². The zero-order valence-electron chi connectivity index (χ0n) is 20.3. The predicted octanol–water partition coefficient (Wildman–Crippen LogP) is 4.55. The number of anilines is 2. The van der Waals surface area contributed by atoms with Crippen LogP contribution in [0.4, 0.5) is 11.4 Å². The molecule has 2 heterocycles. The molecule has 0 atom stereocenters. The minimum Gasteiger partial charge on any atom is -0.496 e. The van der Waals surface area contributed by atoms with E-state index in [0.717, 1.165) is 83.6 Å². The zero-order valence-corrected chi connectivity index (χ0v) is 21.9. The Morgan fingerprint density at radius 3 is 2.60 bits per heavy atom. The Morgan fingerprint density at radius 1 is 1.14 bits per heavy atom. The number of nitrogens with zero attached hydrogens (tertiary/aromatic N) is 1. The lowest BCUT2D eigenvalue weighted by molar-refractivity contribution is -0.121. The van der Waals surface area contributed by atoms with Gasteiger partial charge >= 0.3 is 0 Å². The molecule has 0 bridgehead atoms. The molecule has 2 amide bonds. The van der Waals surface area contributed by atoms with Gasteiger partial charge in [0.1, 0.15) is 5.75 Å². The van der Waals surface area contributed by atoms with Crippen molar-refractivity contribution in [1.29, 1.82) is 0 Å². The summed E-state index contributed by atoms with van der Waals surface area (Å²) >= 11 is 3.70. The van der Waals surface area contributed by atoms with Gasteiger partial charge in [0.15, 0.2) is 0 Å². The second-order valence-corrected chi connectivity index (χ2v) is 10.9. The standard InChI is InChI=1S/C27H33BrN4O3/c1-16-3-6-19(11-25(16)35-2)31-26(33)18-4-7-21(8-5-18)32-15-23-22(27(32)34)9-20(10-24(23)28)30-14-17-12-29-13-17/h3,6,9-11,17-18,21,29-30H,4-5,7-8,12-15H2,1-2H3,(H,31,33). The molecule has 0 unspecified atom stereocenters. The van der Waals surface area contributed by atoms with E-state index in [1.54, 1.807) is 7.11 Å². The SMILES string of the molecule is COc1cc(NC(=O)C2CCC(N3Cc4c(Br)cc(NCC5CNC5)cc4C3=O)CC2)ccc1C. The van der Waals surface area contributed by atoms with Crippen LogP contribution in [0.15, 0.2) is 34.8 Å². The topological polar surface area (TPSA) is 82.7 Å². The Morgan fingerprint density at radius 2 is 1.91 bits per heavy atom. The summed E-state index contributed by atoms with van der Waals surface area (Å²) in [5, 5.41) is 9.82. The smallest absolute Gasteiger partial charge is 0.254 e. The lowest BCUT2D eigenvalue weighted by Crippen LogP contribution is -2.45. The van der Waals surface area contributed by atoms with E-state index in [1.807, 2.05) is 36.1 Å². The van der Waals surface area contributed by atoms with E-state index < -0.39 is 0 Å². The molecule has 0 radical (unpaired) electrons. The Hall–Kier alpha value is -2.58. The highest BCUT2D eigenvalue weighted by Crippen LogP contribution is 2.38. The quantitative estimate of drug-likeness (QED) is 0.479. The van der Waals surface area contributed by atoms with Crippen molar-refractivity contribution in [3.63, 3.8) is 0 Å². The van der Waals surface area contributed by atoms with Crippen LogP contribution in [0.5, 0.6) is 5.75 Å². The number of hydrogen-bond donors (Lipinski definition) is 3.